The van der Waals surface area contributed by atoms with Gasteiger partial charge < -0.3 is 5.32 Å². The maximum atomic E-state index is 3.31. The zero-order chi connectivity index (χ0) is 5.82. The number of piperidine rings is 1. The van der Waals surface area contributed by atoms with Crippen LogP contribution in [0.3, 0.4) is 0 Å². The van der Waals surface area contributed by atoms with Gasteiger partial charge in [-0.15, -0.1) is 0 Å². The first-order valence-electron chi connectivity index (χ1n) is 3.28. The fourth-order valence-electron chi connectivity index (χ4n) is 1.04. The van der Waals surface area contributed by atoms with E-state index in [1.54, 1.807) is 5.57 Å². The Balaban J connectivity index is 2.33. The molecule has 0 aromatic carbocycles. The van der Waals surface area contributed by atoms with Crippen LogP contribution in [0, 0.1) is 0 Å². The SMILES string of the molecule is CC=C1CCNCC1. The van der Waals surface area contributed by atoms with Crippen molar-refractivity contribution in [2.45, 2.75) is 19.8 Å². The van der Waals surface area contributed by atoms with E-state index < -0.39 is 0 Å². The van der Waals surface area contributed by atoms with Crippen LogP contribution < -0.4 is 5.32 Å². The summed E-state index contributed by atoms with van der Waals surface area (Å²) in [5, 5.41) is 3.31. The molecular weight excluding hydrogens is 98.1 g/mol. The van der Waals surface area contributed by atoms with Crippen molar-refractivity contribution >= 4 is 0 Å². The van der Waals surface area contributed by atoms with Crippen LogP contribution in [0.2, 0.25) is 0 Å². The van der Waals surface area contributed by atoms with E-state index in [2.05, 4.69) is 18.3 Å². The molecule has 1 heterocycles. The topological polar surface area (TPSA) is 12.0 Å². The zero-order valence-electron chi connectivity index (χ0n) is 5.41. The highest BCUT2D eigenvalue weighted by atomic mass is 14.9. The van der Waals surface area contributed by atoms with Gasteiger partial charge in [0.1, 0.15) is 0 Å². The second-order valence-electron chi connectivity index (χ2n) is 2.20. The highest BCUT2D eigenvalue weighted by Crippen LogP contribution is 2.07. The van der Waals surface area contributed by atoms with Crippen LogP contribution in [0.25, 0.3) is 0 Å². The van der Waals surface area contributed by atoms with Crippen LogP contribution in [0.4, 0.5) is 0 Å². The van der Waals surface area contributed by atoms with Gasteiger partial charge in [-0.3, -0.25) is 0 Å². The van der Waals surface area contributed by atoms with Crippen molar-refractivity contribution in [3.63, 3.8) is 0 Å². The average molecular weight is 111 g/mol. The van der Waals surface area contributed by atoms with E-state index in [1.165, 1.54) is 25.9 Å². The summed E-state index contributed by atoms with van der Waals surface area (Å²) < 4.78 is 0. The molecule has 0 radical (unpaired) electrons. The lowest BCUT2D eigenvalue weighted by molar-refractivity contribution is 0.609. The molecule has 1 rings (SSSR count). The van der Waals surface area contributed by atoms with Gasteiger partial charge in [0.15, 0.2) is 0 Å². The molecular formula is C7H13N. The van der Waals surface area contributed by atoms with E-state index in [9.17, 15) is 0 Å². The lowest BCUT2D eigenvalue weighted by Crippen LogP contribution is -2.22. The Bertz CT molecular complexity index is 86.6. The van der Waals surface area contributed by atoms with Gasteiger partial charge in [-0.2, -0.15) is 0 Å². The van der Waals surface area contributed by atoms with Gasteiger partial charge in [0.25, 0.3) is 0 Å². The maximum absolute atomic E-state index is 3.31. The molecule has 0 aliphatic carbocycles. The monoisotopic (exact) mass is 111 g/mol. The van der Waals surface area contributed by atoms with Gasteiger partial charge in [0.05, 0.1) is 0 Å². The van der Waals surface area contributed by atoms with Gasteiger partial charge >= 0.3 is 0 Å². The lowest BCUT2D eigenvalue weighted by atomic mass is 10.1. The predicted octanol–water partition coefficient (Wildman–Crippen LogP) is 1.32. The molecule has 8 heavy (non-hydrogen) atoms. The van der Waals surface area contributed by atoms with Crippen molar-refractivity contribution < 1.29 is 0 Å². The molecule has 1 N–H and O–H groups in total. The van der Waals surface area contributed by atoms with E-state index in [4.69, 9.17) is 0 Å². The molecule has 1 saturated heterocycles. The van der Waals surface area contributed by atoms with Gasteiger partial charge in [-0.25, -0.2) is 0 Å². The number of hydrogen-bond donors (Lipinski definition) is 1. The van der Waals surface area contributed by atoms with E-state index in [-0.39, 0.29) is 0 Å². The lowest BCUT2D eigenvalue weighted by Gasteiger charge is -2.13. The summed E-state index contributed by atoms with van der Waals surface area (Å²) in [6, 6.07) is 0. The Morgan fingerprint density at radius 1 is 1.38 bits per heavy atom. The second-order valence-corrected chi connectivity index (χ2v) is 2.20. The summed E-state index contributed by atoms with van der Waals surface area (Å²) in [5.74, 6) is 0. The number of hydrogen-bond acceptors (Lipinski definition) is 1. The maximum Gasteiger partial charge on any atom is -0.00115 e. The van der Waals surface area contributed by atoms with Gasteiger partial charge in [0.2, 0.25) is 0 Å². The first-order chi connectivity index (χ1) is 3.93. The smallest absolute Gasteiger partial charge is 0.00115 e. The molecule has 0 bridgehead atoms. The Labute approximate surface area is 50.8 Å². The molecule has 0 aromatic rings. The number of nitrogens with one attached hydrogen (secondary N) is 1. The first-order valence-corrected chi connectivity index (χ1v) is 3.28. The minimum atomic E-state index is 1.18. The standard InChI is InChI=1S/C7H13N/c1-2-7-3-5-8-6-4-7/h2,8H,3-6H2,1H3. The van der Waals surface area contributed by atoms with Gasteiger partial charge in [-0.1, -0.05) is 11.6 Å². The van der Waals surface area contributed by atoms with Crippen molar-refractivity contribution in [1.82, 2.24) is 5.32 Å². The van der Waals surface area contributed by atoms with E-state index >= 15 is 0 Å². The molecule has 1 heteroatoms. The molecule has 1 fully saturated rings. The molecule has 0 aromatic heterocycles. The second kappa shape index (κ2) is 2.88. The third-order valence-corrected chi connectivity index (χ3v) is 1.65. The zero-order valence-corrected chi connectivity index (χ0v) is 5.41. The van der Waals surface area contributed by atoms with Crippen molar-refractivity contribution in [1.29, 1.82) is 0 Å². The number of allylic oxidation sites excluding steroid dienone is 1. The van der Waals surface area contributed by atoms with E-state index in [1.807, 2.05) is 0 Å². The third-order valence-electron chi connectivity index (χ3n) is 1.65. The Morgan fingerprint density at radius 2 is 2.00 bits per heavy atom. The molecule has 46 valence electrons. The van der Waals surface area contributed by atoms with Gasteiger partial charge in [-0.05, 0) is 32.9 Å². The molecule has 1 aliphatic heterocycles. The van der Waals surface area contributed by atoms with E-state index in [0.29, 0.717) is 0 Å². The predicted molar refractivity (Wildman–Crippen MR) is 35.9 cm³/mol. The first kappa shape index (κ1) is 5.83. The van der Waals surface area contributed by atoms with Crippen LogP contribution in [-0.2, 0) is 0 Å². The van der Waals surface area contributed by atoms with Gasteiger partial charge in [0, 0.05) is 0 Å². The largest absolute Gasteiger partial charge is 0.316 e. The summed E-state index contributed by atoms with van der Waals surface area (Å²) in [6.07, 6.45) is 4.76. The van der Waals surface area contributed by atoms with Crippen LogP contribution >= 0.6 is 0 Å². The number of rotatable bonds is 0. The van der Waals surface area contributed by atoms with Crippen LogP contribution in [0.15, 0.2) is 11.6 Å². The Morgan fingerprint density at radius 3 is 2.38 bits per heavy atom. The van der Waals surface area contributed by atoms with Crippen LogP contribution in [-0.4, -0.2) is 13.1 Å². The molecule has 0 saturated carbocycles. The molecule has 0 unspecified atom stereocenters. The Kier molecular flexibility index (Phi) is 2.10. The minimum absolute atomic E-state index is 1.18. The third kappa shape index (κ3) is 1.34. The van der Waals surface area contributed by atoms with Crippen molar-refractivity contribution in [3.8, 4) is 0 Å². The summed E-state index contributed by atoms with van der Waals surface area (Å²) in [7, 11) is 0. The summed E-state index contributed by atoms with van der Waals surface area (Å²) in [5.41, 5.74) is 1.61. The van der Waals surface area contributed by atoms with Crippen LogP contribution in [0.1, 0.15) is 19.8 Å². The normalized spacial score (nSPS) is 20.9. The fraction of sp³-hybridized carbons (Fsp3) is 0.714. The van der Waals surface area contributed by atoms with Crippen molar-refractivity contribution in [2.75, 3.05) is 13.1 Å². The molecule has 0 atom stereocenters. The minimum Gasteiger partial charge on any atom is -0.316 e. The Hall–Kier alpha value is -0.300. The molecule has 1 aliphatic rings. The quantitative estimate of drug-likeness (QED) is 0.465. The molecule has 1 nitrogen and oxygen atoms in total. The molecule has 0 amide bonds. The summed E-state index contributed by atoms with van der Waals surface area (Å²) in [6.45, 7) is 4.49. The highest BCUT2D eigenvalue weighted by Gasteiger charge is 2.00. The average Bonchev–Trinajstić information content (AvgIpc) is 1.90. The summed E-state index contributed by atoms with van der Waals surface area (Å²) >= 11 is 0. The van der Waals surface area contributed by atoms with E-state index in [0.717, 1.165) is 0 Å². The highest BCUT2D eigenvalue weighted by molar-refractivity contribution is 5.03. The van der Waals surface area contributed by atoms with Crippen molar-refractivity contribution in [2.24, 2.45) is 0 Å². The summed E-state index contributed by atoms with van der Waals surface area (Å²) in [4.78, 5) is 0. The van der Waals surface area contributed by atoms with Crippen molar-refractivity contribution in [3.05, 3.63) is 11.6 Å². The fourth-order valence-corrected chi connectivity index (χ4v) is 1.04. The molecule has 0 spiro atoms. The van der Waals surface area contributed by atoms with Crippen LogP contribution in [0.5, 0.6) is 0 Å².